The molecule has 0 N–H and O–H groups in total. The SMILES string of the molecule is CC1C[CH-]CC(c2ccc(OCc3ccccc3)nc2)O1.[Zn+][Br]. The molecule has 2 heterocycles. The van der Waals surface area contributed by atoms with Crippen molar-refractivity contribution >= 4 is 13.6 Å². The summed E-state index contributed by atoms with van der Waals surface area (Å²) in [6, 6.07) is 14.1. The number of ether oxygens (including phenoxy) is 2. The van der Waals surface area contributed by atoms with Crippen molar-refractivity contribution in [2.24, 2.45) is 0 Å². The van der Waals surface area contributed by atoms with Gasteiger partial charge in [-0.2, -0.15) is 6.42 Å². The number of aromatic nitrogens is 1. The fourth-order valence-electron chi connectivity index (χ4n) is 2.49. The van der Waals surface area contributed by atoms with E-state index in [1.165, 1.54) is 16.3 Å². The van der Waals surface area contributed by atoms with Gasteiger partial charge in [0, 0.05) is 18.4 Å². The second-order valence-electron chi connectivity index (χ2n) is 5.40. The third kappa shape index (κ3) is 5.98. The molecule has 0 saturated carbocycles. The topological polar surface area (TPSA) is 31.4 Å². The third-order valence-electron chi connectivity index (χ3n) is 3.64. The van der Waals surface area contributed by atoms with Gasteiger partial charge in [0.1, 0.15) is 6.61 Å². The molecule has 1 aliphatic rings. The van der Waals surface area contributed by atoms with E-state index in [1.54, 1.807) is 0 Å². The van der Waals surface area contributed by atoms with Gasteiger partial charge in [-0.1, -0.05) is 30.3 Å². The van der Waals surface area contributed by atoms with E-state index in [4.69, 9.17) is 9.47 Å². The van der Waals surface area contributed by atoms with Crippen molar-refractivity contribution < 1.29 is 25.8 Å². The molecule has 1 aliphatic heterocycles. The van der Waals surface area contributed by atoms with Crippen LogP contribution in [0.25, 0.3) is 0 Å². The number of hydrogen-bond acceptors (Lipinski definition) is 3. The molecular weight excluding hydrogens is 407 g/mol. The molecule has 1 aromatic carbocycles. The van der Waals surface area contributed by atoms with Crippen LogP contribution in [0.1, 0.15) is 37.0 Å². The number of hydrogen-bond donors (Lipinski definition) is 0. The summed E-state index contributed by atoms with van der Waals surface area (Å²) in [6.07, 6.45) is 6.55. The summed E-state index contributed by atoms with van der Waals surface area (Å²) >= 11 is 4.25. The molecular formula is C18H20BrNO2Zn. The summed E-state index contributed by atoms with van der Waals surface area (Å²) in [5.74, 6) is 0.649. The Hall–Kier alpha value is -0.767. The Morgan fingerprint density at radius 2 is 2.00 bits per heavy atom. The number of benzene rings is 1. The van der Waals surface area contributed by atoms with E-state index in [-0.39, 0.29) is 12.2 Å². The van der Waals surface area contributed by atoms with Crippen LogP contribution >= 0.6 is 13.6 Å². The van der Waals surface area contributed by atoms with Crippen LogP contribution in [-0.4, -0.2) is 11.1 Å². The normalized spacial score (nSPS) is 20.3. The first-order chi connectivity index (χ1) is 11.3. The molecule has 0 amide bonds. The van der Waals surface area contributed by atoms with E-state index in [0.29, 0.717) is 12.5 Å². The second kappa shape index (κ2) is 10.2. The van der Waals surface area contributed by atoms with E-state index in [1.807, 2.05) is 48.7 Å². The summed E-state index contributed by atoms with van der Waals surface area (Å²) in [5.41, 5.74) is 2.26. The monoisotopic (exact) mass is 425 g/mol. The van der Waals surface area contributed by atoms with Crippen LogP contribution in [0.4, 0.5) is 0 Å². The number of nitrogens with zero attached hydrogens (tertiary/aromatic N) is 1. The van der Waals surface area contributed by atoms with Crippen molar-refractivity contribution in [1.82, 2.24) is 4.98 Å². The molecule has 1 saturated heterocycles. The Morgan fingerprint density at radius 1 is 1.22 bits per heavy atom. The van der Waals surface area contributed by atoms with Gasteiger partial charge >= 0.3 is 30.0 Å². The molecule has 3 nitrogen and oxygen atoms in total. The van der Waals surface area contributed by atoms with Crippen molar-refractivity contribution in [3.8, 4) is 5.88 Å². The van der Waals surface area contributed by atoms with Crippen molar-refractivity contribution in [3.05, 3.63) is 66.2 Å². The minimum atomic E-state index is 0.129. The number of halogens is 1. The third-order valence-corrected chi connectivity index (χ3v) is 3.64. The molecule has 0 aliphatic carbocycles. The fraction of sp³-hybridized carbons (Fsp3) is 0.333. The first-order valence-electron chi connectivity index (χ1n) is 7.68. The van der Waals surface area contributed by atoms with Gasteiger partial charge in [-0.25, -0.2) is 4.98 Å². The van der Waals surface area contributed by atoms with Crippen LogP contribution in [0.2, 0.25) is 0 Å². The van der Waals surface area contributed by atoms with Gasteiger partial charge in [-0.15, -0.1) is 6.42 Å². The summed E-state index contributed by atoms with van der Waals surface area (Å²) in [4.78, 5) is 4.38. The van der Waals surface area contributed by atoms with Crippen molar-refractivity contribution in [2.75, 3.05) is 0 Å². The fourth-order valence-corrected chi connectivity index (χ4v) is 2.49. The van der Waals surface area contributed by atoms with E-state index >= 15 is 0 Å². The van der Waals surface area contributed by atoms with Crippen molar-refractivity contribution in [2.45, 2.75) is 38.6 Å². The van der Waals surface area contributed by atoms with E-state index in [0.717, 1.165) is 24.0 Å². The van der Waals surface area contributed by atoms with Crippen molar-refractivity contribution in [3.63, 3.8) is 0 Å². The molecule has 118 valence electrons. The summed E-state index contributed by atoms with van der Waals surface area (Å²) in [5, 5.41) is 0. The molecule has 3 rings (SSSR count). The summed E-state index contributed by atoms with van der Waals surface area (Å²) in [6.45, 7) is 2.64. The van der Waals surface area contributed by atoms with Gasteiger partial charge in [0.05, 0.1) is 6.10 Å². The first-order valence-corrected chi connectivity index (χ1v) is 14.6. The summed E-state index contributed by atoms with van der Waals surface area (Å²) in [7, 11) is 0. The van der Waals surface area contributed by atoms with Crippen LogP contribution in [-0.2, 0) is 27.7 Å². The molecule has 2 aromatic rings. The minimum absolute atomic E-state index is 0.129. The zero-order chi connectivity index (χ0) is 16.5. The zero-order valence-electron chi connectivity index (χ0n) is 13.3. The first kappa shape index (κ1) is 18.6. The Kier molecular flexibility index (Phi) is 8.21. The molecule has 1 fully saturated rings. The van der Waals surface area contributed by atoms with Gasteiger partial charge in [-0.05, 0) is 24.1 Å². The van der Waals surface area contributed by atoms with E-state index in [9.17, 15) is 0 Å². The Bertz CT molecular complexity index is 565. The molecule has 0 radical (unpaired) electrons. The van der Waals surface area contributed by atoms with Crippen LogP contribution < -0.4 is 4.74 Å². The number of pyridine rings is 1. The van der Waals surface area contributed by atoms with Crippen molar-refractivity contribution in [1.29, 1.82) is 0 Å². The molecule has 0 spiro atoms. The standard InChI is InChI=1S/C18H20NO2.BrH.Zn/c1-14-6-5-9-17(21-14)16-10-11-18(19-12-16)20-13-15-7-3-2-4-8-15;;/h2-5,7-8,10-12,14,17H,6,9,13H2,1H3;1H;/q-1;;+2/p-1. The van der Waals surface area contributed by atoms with Gasteiger partial charge in [0.25, 0.3) is 0 Å². The predicted molar refractivity (Wildman–Crippen MR) is 90.8 cm³/mol. The van der Waals surface area contributed by atoms with Gasteiger partial charge < -0.3 is 15.9 Å². The molecule has 2 atom stereocenters. The molecule has 0 bridgehead atoms. The average Bonchev–Trinajstić information content (AvgIpc) is 2.63. The maximum absolute atomic E-state index is 5.93. The Morgan fingerprint density at radius 3 is 2.65 bits per heavy atom. The predicted octanol–water partition coefficient (Wildman–Crippen LogP) is 4.95. The molecule has 23 heavy (non-hydrogen) atoms. The summed E-state index contributed by atoms with van der Waals surface area (Å²) < 4.78 is 11.6. The van der Waals surface area contributed by atoms with Crippen LogP contribution in [0, 0.1) is 6.42 Å². The Labute approximate surface area is 154 Å². The van der Waals surface area contributed by atoms with Crippen LogP contribution in [0.3, 0.4) is 0 Å². The quantitative estimate of drug-likeness (QED) is 0.511. The Balaban J connectivity index is 0.000000924. The number of rotatable bonds is 4. The van der Waals surface area contributed by atoms with Gasteiger partial charge in [0.15, 0.2) is 0 Å². The van der Waals surface area contributed by atoms with E-state index < -0.39 is 0 Å². The molecule has 2 unspecified atom stereocenters. The van der Waals surface area contributed by atoms with Crippen LogP contribution in [0.15, 0.2) is 48.7 Å². The van der Waals surface area contributed by atoms with E-state index in [2.05, 4.69) is 32.0 Å². The van der Waals surface area contributed by atoms with Gasteiger partial charge in [-0.3, -0.25) is 0 Å². The molecule has 5 heteroatoms. The maximum atomic E-state index is 5.93. The zero-order valence-corrected chi connectivity index (χ0v) is 17.9. The molecule has 1 aromatic heterocycles. The van der Waals surface area contributed by atoms with Crippen LogP contribution in [0.5, 0.6) is 5.88 Å². The average molecular weight is 428 g/mol. The second-order valence-corrected chi connectivity index (χ2v) is 5.40. The van der Waals surface area contributed by atoms with Gasteiger partial charge in [0.2, 0.25) is 5.88 Å².